The number of nitriles is 1. The van der Waals surface area contributed by atoms with Crippen LogP contribution in [0.5, 0.6) is 5.75 Å². The molecule has 0 bridgehead atoms. The van der Waals surface area contributed by atoms with Crippen LogP contribution in [0, 0.1) is 17.1 Å². The molecule has 0 saturated heterocycles. The number of benzene rings is 2. The molecule has 5 nitrogen and oxygen atoms in total. The summed E-state index contributed by atoms with van der Waals surface area (Å²) in [5.74, 6) is 0.753. The molecule has 5 rings (SSSR count). The van der Waals surface area contributed by atoms with E-state index in [2.05, 4.69) is 9.97 Å². The monoisotopic (exact) mass is 382 g/mol. The molecule has 0 amide bonds. The first-order valence-electron chi connectivity index (χ1n) is 9.14. The minimum absolute atomic E-state index is 0.00965. The first-order chi connectivity index (χ1) is 14.3. The molecule has 4 aromatic rings. The topological polar surface area (TPSA) is 62.0 Å². The van der Waals surface area contributed by atoms with Gasteiger partial charge in [0.1, 0.15) is 23.2 Å². The first kappa shape index (κ1) is 17.1. The van der Waals surface area contributed by atoms with Crippen LogP contribution >= 0.6 is 0 Å². The summed E-state index contributed by atoms with van der Waals surface area (Å²) in [7, 11) is 0. The van der Waals surface area contributed by atoms with Gasteiger partial charge in [0.15, 0.2) is 12.5 Å². The molecule has 2 aromatic carbocycles. The summed E-state index contributed by atoms with van der Waals surface area (Å²) in [4.78, 5) is 10.8. The van der Waals surface area contributed by atoms with Gasteiger partial charge in [-0.3, -0.25) is 4.98 Å². The highest BCUT2D eigenvalue weighted by atomic mass is 19.1. The number of halogens is 1. The molecule has 2 aromatic heterocycles. The fourth-order valence-corrected chi connectivity index (χ4v) is 3.78. The maximum atomic E-state index is 15.2. The summed E-state index contributed by atoms with van der Waals surface area (Å²) >= 11 is 0. The third-order valence-corrected chi connectivity index (χ3v) is 5.10. The molecular formula is C23H15FN4O. The van der Waals surface area contributed by atoms with Crippen molar-refractivity contribution in [1.82, 2.24) is 9.97 Å². The summed E-state index contributed by atoms with van der Waals surface area (Å²) in [6.07, 6.45) is 3.40. The number of nitrogens with zero attached hydrogens (tertiary/aromatic N) is 4. The smallest absolute Gasteiger partial charge is 0.163 e. The molecule has 0 spiro atoms. The Morgan fingerprint density at radius 3 is 2.69 bits per heavy atom. The average Bonchev–Trinajstić information content (AvgIpc) is 2.79. The molecule has 1 unspecified atom stereocenters. The second-order valence-electron chi connectivity index (χ2n) is 6.71. The highest BCUT2D eigenvalue weighted by Gasteiger charge is 2.34. The van der Waals surface area contributed by atoms with Gasteiger partial charge in [0, 0.05) is 28.9 Å². The molecular weight excluding hydrogens is 367 g/mol. The number of anilines is 1. The number of ether oxygens (including phenoxy) is 1. The van der Waals surface area contributed by atoms with Gasteiger partial charge in [0.05, 0.1) is 11.6 Å². The Labute approximate surface area is 166 Å². The van der Waals surface area contributed by atoms with Gasteiger partial charge in [-0.15, -0.1) is 0 Å². The fraction of sp³-hybridized carbons (Fsp3) is 0.0870. The van der Waals surface area contributed by atoms with Crippen molar-refractivity contribution in [3.8, 4) is 11.8 Å². The third-order valence-electron chi connectivity index (χ3n) is 5.10. The molecule has 6 heteroatoms. The maximum absolute atomic E-state index is 15.2. The van der Waals surface area contributed by atoms with Crippen LogP contribution in [0.3, 0.4) is 0 Å². The molecule has 0 N–H and O–H groups in total. The van der Waals surface area contributed by atoms with Gasteiger partial charge in [-0.25, -0.2) is 9.37 Å². The van der Waals surface area contributed by atoms with E-state index in [9.17, 15) is 5.26 Å². The summed E-state index contributed by atoms with van der Waals surface area (Å²) in [6.45, 7) is 0.181. The normalized spacial score (nSPS) is 15.4. The van der Waals surface area contributed by atoms with E-state index in [0.29, 0.717) is 17.1 Å². The van der Waals surface area contributed by atoms with Gasteiger partial charge in [0.25, 0.3) is 0 Å². The van der Waals surface area contributed by atoms with Crippen LogP contribution in [-0.4, -0.2) is 16.7 Å². The van der Waals surface area contributed by atoms with E-state index < -0.39 is 11.9 Å². The Kier molecular flexibility index (Phi) is 4.07. The van der Waals surface area contributed by atoms with E-state index in [1.807, 2.05) is 53.4 Å². The lowest BCUT2D eigenvalue weighted by molar-refractivity contribution is 0.278. The zero-order valence-electron chi connectivity index (χ0n) is 15.3. The van der Waals surface area contributed by atoms with Crippen LogP contribution in [0.15, 0.2) is 73.1 Å². The van der Waals surface area contributed by atoms with Crippen molar-refractivity contribution in [1.29, 1.82) is 5.26 Å². The van der Waals surface area contributed by atoms with Gasteiger partial charge in [-0.2, -0.15) is 5.26 Å². The van der Waals surface area contributed by atoms with E-state index >= 15 is 4.39 Å². The van der Waals surface area contributed by atoms with Gasteiger partial charge in [-0.1, -0.05) is 36.4 Å². The Morgan fingerprint density at radius 2 is 1.86 bits per heavy atom. The highest BCUT2D eigenvalue weighted by molar-refractivity contribution is 5.86. The molecule has 1 aliphatic heterocycles. The van der Waals surface area contributed by atoms with E-state index in [1.165, 1.54) is 6.07 Å². The molecule has 3 heterocycles. The van der Waals surface area contributed by atoms with Crippen LogP contribution in [-0.2, 0) is 0 Å². The number of rotatable bonds is 2. The molecule has 0 saturated carbocycles. The van der Waals surface area contributed by atoms with E-state index in [4.69, 9.17) is 4.74 Å². The van der Waals surface area contributed by atoms with Crippen molar-refractivity contribution in [3.63, 3.8) is 0 Å². The Bertz CT molecular complexity index is 1250. The standard InChI is InChI=1S/C23H15FN4O/c24-20-16(13-25)5-3-7-17(20)22-18-10-9-15-6-4-12-27-21(15)23(18)29-14-28(22)19-8-1-2-11-26-19/h1-12,22H,14H2. The molecule has 0 fully saturated rings. The lowest BCUT2D eigenvalue weighted by Gasteiger charge is -2.38. The van der Waals surface area contributed by atoms with Crippen LogP contribution in [0.4, 0.5) is 10.2 Å². The van der Waals surface area contributed by atoms with Crippen molar-refractivity contribution in [2.24, 2.45) is 0 Å². The number of hydrogen-bond acceptors (Lipinski definition) is 5. The number of fused-ring (bicyclic) bond motifs is 3. The summed E-state index contributed by atoms with van der Waals surface area (Å²) in [5.41, 5.74) is 1.92. The SMILES string of the molecule is N#Cc1cccc(C2c3ccc4cccnc4c3OCN2c2ccccn2)c1F. The van der Waals surface area contributed by atoms with Crippen molar-refractivity contribution in [2.45, 2.75) is 6.04 Å². The zero-order chi connectivity index (χ0) is 19.8. The van der Waals surface area contributed by atoms with Gasteiger partial charge in [-0.05, 0) is 24.3 Å². The van der Waals surface area contributed by atoms with Crippen LogP contribution in [0.1, 0.15) is 22.7 Å². The van der Waals surface area contributed by atoms with Crippen molar-refractivity contribution in [2.75, 3.05) is 11.6 Å². The Hall–Kier alpha value is -3.98. The van der Waals surface area contributed by atoms with Crippen molar-refractivity contribution >= 4 is 16.7 Å². The Balaban J connectivity index is 1.77. The summed E-state index contributed by atoms with van der Waals surface area (Å²) in [6, 6.07) is 19.6. The fourth-order valence-electron chi connectivity index (χ4n) is 3.78. The van der Waals surface area contributed by atoms with E-state index in [-0.39, 0.29) is 12.3 Å². The number of aromatic nitrogens is 2. The minimum atomic E-state index is -0.533. The van der Waals surface area contributed by atoms with E-state index in [0.717, 1.165) is 16.5 Å². The molecule has 1 aliphatic rings. The van der Waals surface area contributed by atoms with Crippen molar-refractivity contribution in [3.05, 3.63) is 95.6 Å². The van der Waals surface area contributed by atoms with Gasteiger partial charge in [0.2, 0.25) is 0 Å². The number of hydrogen-bond donors (Lipinski definition) is 0. The lowest BCUT2D eigenvalue weighted by Crippen LogP contribution is -2.38. The van der Waals surface area contributed by atoms with Crippen LogP contribution < -0.4 is 9.64 Å². The minimum Gasteiger partial charge on any atom is -0.470 e. The van der Waals surface area contributed by atoms with Crippen LogP contribution in [0.2, 0.25) is 0 Å². The quantitative estimate of drug-likeness (QED) is 0.508. The molecule has 0 aliphatic carbocycles. The second-order valence-corrected chi connectivity index (χ2v) is 6.71. The Morgan fingerprint density at radius 1 is 0.966 bits per heavy atom. The highest BCUT2D eigenvalue weighted by Crippen LogP contribution is 2.44. The van der Waals surface area contributed by atoms with Gasteiger partial charge >= 0.3 is 0 Å². The maximum Gasteiger partial charge on any atom is 0.163 e. The predicted octanol–water partition coefficient (Wildman–Crippen LogP) is 4.59. The second kappa shape index (κ2) is 6.88. The lowest BCUT2D eigenvalue weighted by atomic mass is 9.92. The predicted molar refractivity (Wildman–Crippen MR) is 107 cm³/mol. The molecule has 0 radical (unpaired) electrons. The summed E-state index contributed by atoms with van der Waals surface area (Å²) < 4.78 is 21.3. The third kappa shape index (κ3) is 2.75. The summed E-state index contributed by atoms with van der Waals surface area (Å²) in [5, 5.41) is 10.3. The molecule has 29 heavy (non-hydrogen) atoms. The zero-order valence-corrected chi connectivity index (χ0v) is 15.3. The van der Waals surface area contributed by atoms with Gasteiger partial charge < -0.3 is 9.64 Å². The van der Waals surface area contributed by atoms with Crippen LogP contribution in [0.25, 0.3) is 10.9 Å². The number of pyridine rings is 2. The average molecular weight is 382 g/mol. The molecule has 140 valence electrons. The first-order valence-corrected chi connectivity index (χ1v) is 9.14. The van der Waals surface area contributed by atoms with E-state index in [1.54, 1.807) is 24.5 Å². The largest absolute Gasteiger partial charge is 0.470 e. The molecule has 1 atom stereocenters. The van der Waals surface area contributed by atoms with Crippen molar-refractivity contribution < 1.29 is 9.13 Å².